The highest BCUT2D eigenvalue weighted by atomic mass is 32.2. The maximum absolute atomic E-state index is 13.3. The third-order valence-corrected chi connectivity index (χ3v) is 11.4. The van der Waals surface area contributed by atoms with Crippen LogP contribution in [0.2, 0.25) is 0 Å². The van der Waals surface area contributed by atoms with Crippen molar-refractivity contribution >= 4 is 39.1 Å². The summed E-state index contributed by atoms with van der Waals surface area (Å²) in [7, 11) is -0.0624. The molecule has 2 saturated heterocycles. The molecule has 5 rings (SSSR count). The number of aryl methyl sites for hydroxylation is 1. The normalized spacial score (nSPS) is 17.8. The number of carbonyl (C=O) groups is 2. The molecule has 3 aromatic rings. The molecule has 0 saturated carbocycles. The van der Waals surface area contributed by atoms with E-state index < -0.39 is 10.0 Å². The smallest absolute Gasteiger partial charge is 0.322 e. The molecule has 0 atom stereocenters. The number of anilines is 1. The van der Waals surface area contributed by atoms with E-state index in [2.05, 4.69) is 41.3 Å². The van der Waals surface area contributed by atoms with E-state index in [9.17, 15) is 18.0 Å². The lowest BCUT2D eigenvalue weighted by atomic mass is 9.83. The zero-order valence-electron chi connectivity index (χ0n) is 27.6. The predicted octanol–water partition coefficient (Wildman–Crippen LogP) is 3.87. The second-order valence-corrected chi connectivity index (χ2v) is 15.6. The van der Waals surface area contributed by atoms with Gasteiger partial charge in [0.1, 0.15) is 6.29 Å². The molecule has 2 aliphatic heterocycles. The number of amides is 2. The lowest BCUT2D eigenvalue weighted by Gasteiger charge is -2.38. The van der Waals surface area contributed by atoms with Crippen molar-refractivity contribution in [1.29, 1.82) is 0 Å². The maximum Gasteiger partial charge on any atom is 0.322 e. The van der Waals surface area contributed by atoms with Crippen LogP contribution < -0.4 is 16.0 Å². The van der Waals surface area contributed by atoms with Crippen molar-refractivity contribution < 1.29 is 18.0 Å². The first-order valence-electron chi connectivity index (χ1n) is 16.4. The van der Waals surface area contributed by atoms with Gasteiger partial charge in [-0.3, -0.25) is 9.58 Å². The number of aromatic nitrogens is 2. The minimum atomic E-state index is -3.52. The van der Waals surface area contributed by atoms with Gasteiger partial charge in [-0.1, -0.05) is 32.0 Å². The number of urea groups is 1. The van der Waals surface area contributed by atoms with Crippen LogP contribution in [0.1, 0.15) is 63.0 Å². The quantitative estimate of drug-likeness (QED) is 0.301. The third kappa shape index (κ3) is 7.62. The summed E-state index contributed by atoms with van der Waals surface area (Å²) < 4.78 is 30.0. The van der Waals surface area contributed by atoms with Crippen molar-refractivity contribution in [2.24, 2.45) is 18.2 Å². The van der Waals surface area contributed by atoms with Crippen LogP contribution in [0.5, 0.6) is 0 Å². The Hall–Kier alpha value is -3.32. The van der Waals surface area contributed by atoms with Gasteiger partial charge < -0.3 is 20.7 Å². The topological polar surface area (TPSA) is 134 Å². The van der Waals surface area contributed by atoms with Gasteiger partial charge >= 0.3 is 6.03 Å². The van der Waals surface area contributed by atoms with Gasteiger partial charge in [0.25, 0.3) is 0 Å². The first-order valence-corrected chi connectivity index (χ1v) is 17.8. The van der Waals surface area contributed by atoms with Gasteiger partial charge in [-0.05, 0) is 91.9 Å². The highest BCUT2D eigenvalue weighted by Gasteiger charge is 2.30. The Labute approximate surface area is 273 Å². The van der Waals surface area contributed by atoms with Gasteiger partial charge in [-0.25, -0.2) is 13.2 Å². The minimum Gasteiger partial charge on any atom is -0.341 e. The van der Waals surface area contributed by atoms with Crippen molar-refractivity contribution in [3.05, 3.63) is 53.6 Å². The summed E-state index contributed by atoms with van der Waals surface area (Å²) in [5.74, 6) is 0.986. The largest absolute Gasteiger partial charge is 0.341 e. The standard InChI is InChI=1S/C34H49N7O4S/c1-34(2,23-25-7-5-8-29(21-25)46(44,45)40-18-13-28(35)14-19-40)24-39-16-11-26(12-17-39)27-9-10-30-31(22-27)38(4)37-32(30)41(15-6-20-42)33(43)36-3/h5,7-10,20-22,26,28H,6,11-19,23-24,35H2,1-4H3,(H,36,43). The molecule has 46 heavy (non-hydrogen) atoms. The second-order valence-electron chi connectivity index (χ2n) is 13.7. The molecule has 0 radical (unpaired) electrons. The lowest BCUT2D eigenvalue weighted by molar-refractivity contribution is -0.107. The molecule has 2 fully saturated rings. The first-order chi connectivity index (χ1) is 21.9. The number of aldehydes is 1. The van der Waals surface area contributed by atoms with E-state index in [1.54, 1.807) is 17.4 Å². The van der Waals surface area contributed by atoms with Crippen LogP contribution in [-0.2, 0) is 28.3 Å². The Morgan fingerprint density at radius 2 is 1.80 bits per heavy atom. The molecule has 250 valence electrons. The number of piperidine rings is 2. The van der Waals surface area contributed by atoms with E-state index in [0.717, 1.165) is 61.6 Å². The number of nitrogens with one attached hydrogen (secondary N) is 1. The summed E-state index contributed by atoms with van der Waals surface area (Å²) >= 11 is 0. The number of benzene rings is 2. The van der Waals surface area contributed by atoms with Gasteiger partial charge in [0, 0.05) is 58.1 Å². The summed E-state index contributed by atoms with van der Waals surface area (Å²) in [6.07, 6.45) is 5.33. The number of nitrogens with two attached hydrogens (primary N) is 1. The monoisotopic (exact) mass is 651 g/mol. The van der Waals surface area contributed by atoms with Gasteiger partial charge in [-0.15, -0.1) is 0 Å². The molecule has 3 heterocycles. The molecule has 11 nitrogen and oxygen atoms in total. The summed E-state index contributed by atoms with van der Waals surface area (Å²) in [4.78, 5) is 28.0. The van der Waals surface area contributed by atoms with Crippen LogP contribution in [0.3, 0.4) is 0 Å². The number of hydrogen-bond acceptors (Lipinski definition) is 7. The van der Waals surface area contributed by atoms with E-state index >= 15 is 0 Å². The van der Waals surface area contributed by atoms with Crippen LogP contribution in [0.15, 0.2) is 47.4 Å². The second kappa shape index (κ2) is 14.2. The van der Waals surface area contributed by atoms with E-state index in [1.807, 2.05) is 36.0 Å². The van der Waals surface area contributed by atoms with Crippen molar-refractivity contribution in [3.63, 3.8) is 0 Å². The molecular weight excluding hydrogens is 602 g/mol. The van der Waals surface area contributed by atoms with Crippen molar-refractivity contribution in [1.82, 2.24) is 24.3 Å². The summed E-state index contributed by atoms with van der Waals surface area (Å²) in [6.45, 7) is 8.66. The van der Waals surface area contributed by atoms with E-state index in [1.165, 1.54) is 10.5 Å². The SMILES string of the molecule is CNC(=O)N(CCC=O)c1nn(C)c2cc(C3CCN(CC(C)(C)Cc4cccc(S(=O)(=O)N5CCC(N)CC5)c4)CC3)ccc12. The highest BCUT2D eigenvalue weighted by Crippen LogP contribution is 2.35. The number of rotatable bonds is 11. The van der Waals surface area contributed by atoms with Crippen LogP contribution in [-0.4, -0.2) is 92.1 Å². The Kier molecular flexibility index (Phi) is 10.5. The third-order valence-electron chi connectivity index (χ3n) is 9.47. The van der Waals surface area contributed by atoms with Crippen LogP contribution in [0.4, 0.5) is 10.6 Å². The fraction of sp³-hybridized carbons (Fsp3) is 0.559. The fourth-order valence-electron chi connectivity index (χ4n) is 7.05. The first kappa shape index (κ1) is 34.0. The lowest BCUT2D eigenvalue weighted by Crippen LogP contribution is -2.42. The van der Waals surface area contributed by atoms with Crippen molar-refractivity contribution in [2.45, 2.75) is 69.2 Å². The Balaban J connectivity index is 1.20. The molecule has 0 bridgehead atoms. The molecule has 2 amide bonds. The van der Waals surface area contributed by atoms with Crippen molar-refractivity contribution in [2.75, 3.05) is 51.2 Å². The van der Waals surface area contributed by atoms with Crippen LogP contribution in [0.25, 0.3) is 10.9 Å². The van der Waals surface area contributed by atoms with E-state index in [0.29, 0.717) is 42.6 Å². The fourth-order valence-corrected chi connectivity index (χ4v) is 8.59. The predicted molar refractivity (Wildman–Crippen MR) is 182 cm³/mol. The number of nitrogens with zero attached hydrogens (tertiary/aromatic N) is 5. The average molecular weight is 652 g/mol. The zero-order chi connectivity index (χ0) is 33.1. The van der Waals surface area contributed by atoms with Crippen molar-refractivity contribution in [3.8, 4) is 0 Å². The molecule has 0 unspecified atom stereocenters. The number of sulfonamides is 1. The average Bonchev–Trinajstić information content (AvgIpc) is 3.36. The van der Waals surface area contributed by atoms with Gasteiger partial charge in [-0.2, -0.15) is 9.40 Å². The molecule has 0 spiro atoms. The summed E-state index contributed by atoms with van der Waals surface area (Å²) in [5.41, 5.74) is 9.24. The van der Waals surface area contributed by atoms with E-state index in [-0.39, 0.29) is 30.5 Å². The van der Waals surface area contributed by atoms with Crippen LogP contribution in [0, 0.1) is 5.41 Å². The zero-order valence-corrected chi connectivity index (χ0v) is 28.4. The maximum atomic E-state index is 13.3. The molecule has 0 aliphatic carbocycles. The number of fused-ring (bicyclic) bond motifs is 1. The molecule has 12 heteroatoms. The molecule has 2 aromatic carbocycles. The molecular formula is C34H49N7O4S. The number of hydrogen-bond donors (Lipinski definition) is 2. The van der Waals surface area contributed by atoms with Gasteiger partial charge in [0.2, 0.25) is 10.0 Å². The summed E-state index contributed by atoms with van der Waals surface area (Å²) in [6, 6.07) is 13.6. The highest BCUT2D eigenvalue weighted by molar-refractivity contribution is 7.89. The Morgan fingerprint density at radius 3 is 2.48 bits per heavy atom. The van der Waals surface area contributed by atoms with Gasteiger partial charge in [0.15, 0.2) is 5.82 Å². The van der Waals surface area contributed by atoms with Gasteiger partial charge in [0.05, 0.1) is 10.4 Å². The summed E-state index contributed by atoms with van der Waals surface area (Å²) in [5, 5.41) is 8.19. The number of carbonyl (C=O) groups excluding carboxylic acids is 2. The Morgan fingerprint density at radius 1 is 1.09 bits per heavy atom. The molecule has 2 aliphatic rings. The minimum absolute atomic E-state index is 0.0301. The molecule has 1 aromatic heterocycles. The van der Waals surface area contributed by atoms with E-state index in [4.69, 9.17) is 5.73 Å². The molecule has 3 N–H and O–H groups in total. The number of likely N-dealkylation sites (tertiary alicyclic amines) is 1. The Bertz CT molecular complexity index is 1640. The van der Waals surface area contributed by atoms with Crippen LogP contribution >= 0.6 is 0 Å².